The molecule has 2 saturated heterocycles. The number of fused-ring (bicyclic) bond motifs is 1. The molecule has 3 aliphatic rings. The highest BCUT2D eigenvalue weighted by molar-refractivity contribution is 5.90. The lowest BCUT2D eigenvalue weighted by molar-refractivity contribution is -0.145. The van der Waals surface area contributed by atoms with Crippen molar-refractivity contribution in [3.8, 4) is 23.2 Å². The number of aromatic nitrogens is 7. The minimum Gasteiger partial charge on any atom is -0.474 e. The summed E-state index contributed by atoms with van der Waals surface area (Å²) in [5.41, 5.74) is 2.37. The molecule has 4 aromatic heterocycles. The van der Waals surface area contributed by atoms with E-state index in [0.717, 1.165) is 74.2 Å². The summed E-state index contributed by atoms with van der Waals surface area (Å²) < 4.78 is 48.7. The Labute approximate surface area is 252 Å². The number of piperidine rings is 1. The van der Waals surface area contributed by atoms with Crippen LogP contribution in [-0.2, 0) is 18.3 Å². The highest BCUT2D eigenvalue weighted by Crippen LogP contribution is 2.45. The molecule has 11 nitrogen and oxygen atoms in total. The Morgan fingerprint density at radius 3 is 2.64 bits per heavy atom. The molecule has 0 radical (unpaired) electrons. The van der Waals surface area contributed by atoms with Gasteiger partial charge in [-0.3, -0.25) is 14.5 Å². The lowest BCUT2D eigenvalue weighted by Gasteiger charge is -2.52. The molecule has 0 spiro atoms. The standard InChI is InChI=1S/C30H33F3N10O/c31-30(32,33)28-39-21(18-41-9-1-2-10-41)13-25(40-28)44-23-4-11-42(12-5-23)22-14-29(15-22,6-7-34)43-17-20(16-38-43)26-24-3-8-35-27(24)37-19-36-26/h3,8,13,16-17,19,22-23H,1-2,4-6,9-12,14-15,18H2,(H,35,36,37)/t22-,29+. The third-order valence-corrected chi connectivity index (χ3v) is 9.21. The molecule has 1 saturated carbocycles. The predicted molar refractivity (Wildman–Crippen MR) is 153 cm³/mol. The second kappa shape index (κ2) is 11.4. The van der Waals surface area contributed by atoms with Crippen LogP contribution in [0.15, 0.2) is 37.1 Å². The lowest BCUT2D eigenvalue weighted by atomic mass is 9.69. The molecular formula is C30H33F3N10O. The van der Waals surface area contributed by atoms with E-state index in [1.54, 1.807) is 12.3 Å². The van der Waals surface area contributed by atoms with Crippen molar-refractivity contribution in [1.82, 2.24) is 44.5 Å². The monoisotopic (exact) mass is 606 g/mol. The van der Waals surface area contributed by atoms with Crippen molar-refractivity contribution in [1.29, 1.82) is 5.26 Å². The maximum Gasteiger partial charge on any atom is 0.451 e. The molecule has 44 heavy (non-hydrogen) atoms. The smallest absolute Gasteiger partial charge is 0.451 e. The second-order valence-electron chi connectivity index (χ2n) is 12.1. The van der Waals surface area contributed by atoms with Crippen molar-refractivity contribution in [2.45, 2.75) is 75.4 Å². The third-order valence-electron chi connectivity index (χ3n) is 9.21. The van der Waals surface area contributed by atoms with Crippen molar-refractivity contribution in [2.75, 3.05) is 26.2 Å². The van der Waals surface area contributed by atoms with Gasteiger partial charge in [0, 0.05) is 55.1 Å². The Kier molecular flexibility index (Phi) is 7.45. The van der Waals surface area contributed by atoms with Gasteiger partial charge in [0.2, 0.25) is 11.7 Å². The van der Waals surface area contributed by atoms with Crippen LogP contribution in [-0.4, -0.2) is 82.8 Å². The highest BCUT2D eigenvalue weighted by atomic mass is 19.4. The summed E-state index contributed by atoms with van der Waals surface area (Å²) in [6.07, 6.45) is 7.63. The van der Waals surface area contributed by atoms with Gasteiger partial charge in [-0.15, -0.1) is 0 Å². The van der Waals surface area contributed by atoms with Crippen molar-refractivity contribution in [3.63, 3.8) is 0 Å². The average Bonchev–Trinajstić information content (AvgIpc) is 3.77. The molecule has 0 amide bonds. The molecule has 0 bridgehead atoms. The van der Waals surface area contributed by atoms with Crippen molar-refractivity contribution in [2.24, 2.45) is 0 Å². The summed E-state index contributed by atoms with van der Waals surface area (Å²) >= 11 is 0. The molecule has 1 aliphatic carbocycles. The zero-order valence-corrected chi connectivity index (χ0v) is 24.2. The highest BCUT2D eigenvalue weighted by Gasteiger charge is 2.49. The minimum atomic E-state index is -4.64. The summed E-state index contributed by atoms with van der Waals surface area (Å²) in [6, 6.07) is 6.14. The predicted octanol–water partition coefficient (Wildman–Crippen LogP) is 4.54. The van der Waals surface area contributed by atoms with Crippen LogP contribution in [0.1, 0.15) is 56.5 Å². The van der Waals surface area contributed by atoms with Gasteiger partial charge in [0.1, 0.15) is 18.1 Å². The van der Waals surface area contributed by atoms with Crippen molar-refractivity contribution < 1.29 is 17.9 Å². The molecule has 0 atom stereocenters. The maximum atomic E-state index is 13.6. The fraction of sp³-hybridized carbons (Fsp3) is 0.533. The number of likely N-dealkylation sites (tertiary alicyclic amines) is 2. The van der Waals surface area contributed by atoms with Gasteiger partial charge in [0.05, 0.1) is 35.6 Å². The van der Waals surface area contributed by atoms with Gasteiger partial charge in [0.25, 0.3) is 0 Å². The van der Waals surface area contributed by atoms with Gasteiger partial charge in [-0.05, 0) is 57.7 Å². The van der Waals surface area contributed by atoms with Crippen molar-refractivity contribution in [3.05, 3.63) is 48.6 Å². The van der Waals surface area contributed by atoms with Gasteiger partial charge < -0.3 is 9.72 Å². The van der Waals surface area contributed by atoms with Gasteiger partial charge >= 0.3 is 6.18 Å². The number of hydrogen-bond donors (Lipinski definition) is 1. The molecule has 0 aromatic carbocycles. The van der Waals surface area contributed by atoms with E-state index in [-0.39, 0.29) is 18.0 Å². The average molecular weight is 607 g/mol. The first-order chi connectivity index (χ1) is 21.3. The van der Waals surface area contributed by atoms with Gasteiger partial charge in [-0.2, -0.15) is 28.5 Å². The second-order valence-corrected chi connectivity index (χ2v) is 12.1. The summed E-state index contributed by atoms with van der Waals surface area (Å²) in [4.78, 5) is 23.9. The fourth-order valence-electron chi connectivity index (χ4n) is 6.88. The molecule has 1 N–H and O–H groups in total. The zero-order chi connectivity index (χ0) is 30.3. The fourth-order valence-corrected chi connectivity index (χ4v) is 6.88. The molecule has 2 aliphatic heterocycles. The molecule has 7 rings (SSSR count). The number of halogens is 3. The van der Waals surface area contributed by atoms with Crippen LogP contribution in [0.25, 0.3) is 22.3 Å². The first kappa shape index (κ1) is 28.7. The molecule has 6 heterocycles. The van der Waals surface area contributed by atoms with Crippen LogP contribution in [0.4, 0.5) is 13.2 Å². The number of H-pyrrole nitrogens is 1. The Hall–Kier alpha value is -4.09. The number of ether oxygens (including phenoxy) is 1. The summed E-state index contributed by atoms with van der Waals surface area (Å²) in [7, 11) is 0. The number of nitriles is 1. The van der Waals surface area contributed by atoms with E-state index in [4.69, 9.17) is 4.74 Å². The van der Waals surface area contributed by atoms with Crippen LogP contribution in [0.5, 0.6) is 5.88 Å². The van der Waals surface area contributed by atoms with Crippen LogP contribution in [0.3, 0.4) is 0 Å². The summed E-state index contributed by atoms with van der Waals surface area (Å²) in [6.45, 7) is 3.59. The van der Waals surface area contributed by atoms with Gasteiger partial charge in [-0.1, -0.05) is 0 Å². The van der Waals surface area contributed by atoms with E-state index < -0.39 is 17.5 Å². The van der Waals surface area contributed by atoms with Crippen LogP contribution < -0.4 is 4.74 Å². The van der Waals surface area contributed by atoms with Crippen molar-refractivity contribution >= 4 is 11.0 Å². The Balaban J connectivity index is 0.984. The van der Waals surface area contributed by atoms with Gasteiger partial charge in [0.15, 0.2) is 0 Å². The molecule has 3 fully saturated rings. The number of hydrogen-bond acceptors (Lipinski definition) is 9. The van der Waals surface area contributed by atoms with Crippen LogP contribution in [0, 0.1) is 11.3 Å². The van der Waals surface area contributed by atoms with Crippen LogP contribution >= 0.6 is 0 Å². The van der Waals surface area contributed by atoms with E-state index >= 15 is 0 Å². The summed E-state index contributed by atoms with van der Waals surface area (Å²) in [5, 5.41) is 15.3. The van der Waals surface area contributed by atoms with E-state index in [9.17, 15) is 18.4 Å². The quantitative estimate of drug-likeness (QED) is 0.308. The Morgan fingerprint density at radius 2 is 1.89 bits per heavy atom. The summed E-state index contributed by atoms with van der Waals surface area (Å²) in [5.74, 6) is -1.16. The number of rotatable bonds is 8. The topological polar surface area (TPSA) is 125 Å². The number of nitrogens with one attached hydrogen (secondary N) is 1. The van der Waals surface area contributed by atoms with E-state index in [2.05, 4.69) is 45.9 Å². The first-order valence-electron chi connectivity index (χ1n) is 15.1. The molecule has 230 valence electrons. The first-order valence-corrected chi connectivity index (χ1v) is 15.1. The zero-order valence-electron chi connectivity index (χ0n) is 24.2. The Morgan fingerprint density at radius 1 is 1.09 bits per heavy atom. The van der Waals surface area contributed by atoms with Gasteiger partial charge in [-0.25, -0.2) is 15.0 Å². The third kappa shape index (κ3) is 5.61. The van der Waals surface area contributed by atoms with E-state index in [1.807, 2.05) is 23.1 Å². The molecule has 14 heteroatoms. The number of aromatic amines is 1. The maximum absolute atomic E-state index is 13.6. The van der Waals surface area contributed by atoms with E-state index in [1.165, 1.54) is 6.33 Å². The number of alkyl halides is 3. The molecule has 0 unspecified atom stereocenters. The minimum absolute atomic E-state index is 0.00765. The molecule has 4 aromatic rings. The normalized spacial score (nSPS) is 23.5. The molecular weight excluding hydrogens is 573 g/mol. The van der Waals surface area contributed by atoms with Crippen LogP contribution in [0.2, 0.25) is 0 Å². The SMILES string of the molecule is N#CC[C@]1(n2cc(-c3ncnc4[nH]ccc34)cn2)C[C@@H](N2CCC(Oc3cc(CN4CCCC4)nc(C(F)(F)F)n3)CC2)C1. The largest absolute Gasteiger partial charge is 0.474 e. The Bertz CT molecular complexity index is 1660. The lowest BCUT2D eigenvalue weighted by Crippen LogP contribution is -2.58. The van der Waals surface area contributed by atoms with E-state index in [0.29, 0.717) is 31.5 Å². The number of nitrogens with zero attached hydrogens (tertiary/aromatic N) is 9.